The highest BCUT2D eigenvalue weighted by molar-refractivity contribution is 6.07. The third-order valence-corrected chi connectivity index (χ3v) is 3.36. The molecule has 0 saturated carbocycles. The molecule has 0 bridgehead atoms. The molecule has 1 amide bonds. The molecule has 10 heteroatoms. The van der Waals surface area contributed by atoms with Crippen LogP contribution in [-0.2, 0) is 20.6 Å². The van der Waals surface area contributed by atoms with Gasteiger partial charge in [0.2, 0.25) is 0 Å². The third kappa shape index (κ3) is 2.85. The molecule has 0 radical (unpaired) electrons. The lowest BCUT2D eigenvalue weighted by molar-refractivity contribution is -0.137. The molecule has 1 atom stereocenters. The number of alkyl halides is 3. The summed E-state index contributed by atoms with van der Waals surface area (Å²) >= 11 is 0. The van der Waals surface area contributed by atoms with E-state index < -0.39 is 34.7 Å². The summed E-state index contributed by atoms with van der Waals surface area (Å²) in [7, 11) is 0. The number of hydrazine groups is 1. The number of carbonyl (C=O) groups is 2. The number of carboxylic acids is 1. The molecule has 7 nitrogen and oxygen atoms in total. The summed E-state index contributed by atoms with van der Waals surface area (Å²) in [6.45, 7) is 1.22. The number of nitrogens with two attached hydrogens (primary N) is 1. The van der Waals surface area contributed by atoms with E-state index in [1.54, 1.807) is 5.43 Å². The lowest BCUT2D eigenvalue weighted by atomic mass is 9.90. The molecule has 5 N–H and O–H groups in total. The van der Waals surface area contributed by atoms with Crippen LogP contribution < -0.4 is 16.7 Å². The second kappa shape index (κ2) is 5.56. The van der Waals surface area contributed by atoms with Crippen molar-refractivity contribution < 1.29 is 32.7 Å². The maximum atomic E-state index is 12.6. The Morgan fingerprint density at radius 3 is 2.30 bits per heavy atom. The Balaban J connectivity index is 2.52. The highest BCUT2D eigenvalue weighted by Crippen LogP contribution is 2.35. The van der Waals surface area contributed by atoms with Crippen molar-refractivity contribution in [1.29, 1.82) is 0 Å². The van der Waals surface area contributed by atoms with Gasteiger partial charge in [0.15, 0.2) is 11.3 Å². The van der Waals surface area contributed by atoms with Gasteiger partial charge in [-0.05, 0) is 19.1 Å². The molecule has 2 rings (SSSR count). The number of hydrogen-bond acceptors (Lipinski definition) is 5. The largest absolute Gasteiger partial charge is 0.478 e. The fourth-order valence-electron chi connectivity index (χ4n) is 2.11. The first-order valence-electron chi connectivity index (χ1n) is 6.22. The Hall–Kier alpha value is -2.59. The van der Waals surface area contributed by atoms with E-state index in [-0.39, 0.29) is 11.3 Å². The lowest BCUT2D eigenvalue weighted by Crippen LogP contribution is -2.56. The zero-order valence-corrected chi connectivity index (χ0v) is 11.7. The number of aliphatic carboxylic acids is 1. The van der Waals surface area contributed by atoms with Gasteiger partial charge in [-0.3, -0.25) is 10.2 Å². The Labute approximate surface area is 127 Å². The molecular weight excluding hydrogens is 319 g/mol. The van der Waals surface area contributed by atoms with E-state index in [0.29, 0.717) is 0 Å². The van der Waals surface area contributed by atoms with Crippen molar-refractivity contribution in [3.05, 3.63) is 41.0 Å². The summed E-state index contributed by atoms with van der Waals surface area (Å²) in [5, 5.41) is 9.33. The van der Waals surface area contributed by atoms with Gasteiger partial charge in [0.25, 0.3) is 5.91 Å². The van der Waals surface area contributed by atoms with Crippen LogP contribution in [0.15, 0.2) is 29.8 Å². The number of nitrogens with one attached hydrogen (secondary N) is 2. The molecule has 23 heavy (non-hydrogen) atoms. The van der Waals surface area contributed by atoms with Gasteiger partial charge in [-0.2, -0.15) is 13.2 Å². The molecule has 0 aromatic heterocycles. The van der Waals surface area contributed by atoms with E-state index in [1.807, 2.05) is 0 Å². The number of halogens is 3. The van der Waals surface area contributed by atoms with Gasteiger partial charge >= 0.3 is 12.1 Å². The van der Waals surface area contributed by atoms with Gasteiger partial charge < -0.3 is 9.94 Å². The van der Waals surface area contributed by atoms with Crippen molar-refractivity contribution in [1.82, 2.24) is 10.9 Å². The summed E-state index contributed by atoms with van der Waals surface area (Å²) in [4.78, 5) is 28.3. The molecule has 1 aliphatic rings. The summed E-state index contributed by atoms with van der Waals surface area (Å²) in [6.07, 6.45) is -4.52. The first-order valence-corrected chi connectivity index (χ1v) is 6.22. The van der Waals surface area contributed by atoms with E-state index in [0.717, 1.165) is 24.3 Å². The minimum atomic E-state index is -4.52. The number of carbonyl (C=O) groups excluding carboxylic acids is 1. The molecule has 0 unspecified atom stereocenters. The van der Waals surface area contributed by atoms with Crippen LogP contribution in [0, 0.1) is 0 Å². The van der Waals surface area contributed by atoms with Crippen LogP contribution in [-0.4, -0.2) is 22.5 Å². The maximum Gasteiger partial charge on any atom is 0.416 e. The van der Waals surface area contributed by atoms with Gasteiger partial charge in [-0.25, -0.2) is 10.6 Å². The minimum Gasteiger partial charge on any atom is -0.478 e. The highest BCUT2D eigenvalue weighted by Gasteiger charge is 2.49. The summed E-state index contributed by atoms with van der Waals surface area (Å²) in [6, 6.07) is 3.66. The maximum absolute atomic E-state index is 12.6. The zero-order valence-electron chi connectivity index (χ0n) is 11.7. The smallest absolute Gasteiger partial charge is 0.416 e. The van der Waals surface area contributed by atoms with Crippen molar-refractivity contribution >= 4 is 17.6 Å². The normalized spacial score (nSPS) is 21.1. The van der Waals surface area contributed by atoms with E-state index in [1.165, 1.54) is 6.92 Å². The number of benzene rings is 1. The number of carboxylic acid groups (broad SMARTS) is 1. The van der Waals surface area contributed by atoms with E-state index >= 15 is 0 Å². The predicted octanol–water partition coefficient (Wildman–Crippen LogP) is 0.785. The van der Waals surface area contributed by atoms with E-state index in [9.17, 15) is 27.9 Å². The van der Waals surface area contributed by atoms with Gasteiger partial charge in [0, 0.05) is 5.56 Å². The fourth-order valence-corrected chi connectivity index (χ4v) is 2.11. The molecule has 1 heterocycles. The molecule has 124 valence electrons. The van der Waals surface area contributed by atoms with Crippen LogP contribution in [0.2, 0.25) is 0 Å². The van der Waals surface area contributed by atoms with Gasteiger partial charge in [-0.15, -0.1) is 5.48 Å². The minimum absolute atomic E-state index is 0.0662. The van der Waals surface area contributed by atoms with E-state index in [2.05, 4.69) is 5.48 Å². The molecule has 1 aromatic carbocycles. The standard InChI is InChI=1S/C13H12F3N3O4/c1-12(11(22)18-17)8(10(20)21)9(23-19-12)6-2-4-7(5-3-6)13(14,15)16/h2-5,19H,17H2,1H3,(H,18,22)(H,20,21)/t12-/m1/s1. The van der Waals surface area contributed by atoms with Crippen molar-refractivity contribution in [2.24, 2.45) is 5.84 Å². The molecule has 0 aliphatic carbocycles. The monoisotopic (exact) mass is 331 g/mol. The van der Waals surface area contributed by atoms with Crippen LogP contribution in [0.4, 0.5) is 13.2 Å². The topological polar surface area (TPSA) is 114 Å². The highest BCUT2D eigenvalue weighted by atomic mass is 19.4. The van der Waals surface area contributed by atoms with Crippen LogP contribution in [0.25, 0.3) is 5.76 Å². The van der Waals surface area contributed by atoms with Crippen molar-refractivity contribution in [2.45, 2.75) is 18.6 Å². The van der Waals surface area contributed by atoms with Gasteiger partial charge in [0.1, 0.15) is 5.57 Å². The molecule has 1 aliphatic heterocycles. The second-order valence-electron chi connectivity index (χ2n) is 4.89. The van der Waals surface area contributed by atoms with E-state index in [4.69, 9.17) is 10.7 Å². The third-order valence-electron chi connectivity index (χ3n) is 3.36. The SMILES string of the molecule is C[C@@]1(C(=O)NN)NOC(c2ccc(C(F)(F)F)cc2)=C1C(=O)O. The molecule has 1 aromatic rings. The van der Waals surface area contributed by atoms with Crippen LogP contribution >= 0.6 is 0 Å². The number of hydrogen-bond donors (Lipinski definition) is 4. The lowest BCUT2D eigenvalue weighted by Gasteiger charge is -2.20. The first kappa shape index (κ1) is 16.8. The summed E-state index contributed by atoms with van der Waals surface area (Å²) in [5.41, 5.74) is 0.950. The fraction of sp³-hybridized carbons (Fsp3) is 0.231. The predicted molar refractivity (Wildman–Crippen MR) is 71.0 cm³/mol. The zero-order chi connectivity index (χ0) is 17.4. The first-order chi connectivity index (χ1) is 10.6. The molecular formula is C13H12F3N3O4. The summed E-state index contributed by atoms with van der Waals surface area (Å²) < 4.78 is 37.7. The number of amides is 1. The molecule has 0 fully saturated rings. The number of rotatable bonds is 3. The summed E-state index contributed by atoms with van der Waals surface area (Å²) in [5.74, 6) is 2.40. The van der Waals surface area contributed by atoms with Crippen LogP contribution in [0.5, 0.6) is 0 Å². The average Bonchev–Trinajstić information content (AvgIpc) is 2.84. The van der Waals surface area contributed by atoms with Gasteiger partial charge in [0.05, 0.1) is 5.56 Å². The van der Waals surface area contributed by atoms with Crippen LogP contribution in [0.1, 0.15) is 18.1 Å². The average molecular weight is 331 g/mol. The van der Waals surface area contributed by atoms with Crippen molar-refractivity contribution in [2.75, 3.05) is 0 Å². The molecule has 0 spiro atoms. The number of hydroxylamine groups is 1. The Bertz CT molecular complexity index is 685. The van der Waals surface area contributed by atoms with Crippen molar-refractivity contribution in [3.63, 3.8) is 0 Å². The quantitative estimate of drug-likeness (QED) is 0.370. The van der Waals surface area contributed by atoms with Gasteiger partial charge in [-0.1, -0.05) is 12.1 Å². The second-order valence-corrected chi connectivity index (χ2v) is 4.89. The Kier molecular flexibility index (Phi) is 4.05. The van der Waals surface area contributed by atoms with Crippen molar-refractivity contribution in [3.8, 4) is 0 Å². The molecule has 0 saturated heterocycles. The van der Waals surface area contributed by atoms with Crippen LogP contribution in [0.3, 0.4) is 0 Å². The Morgan fingerprint density at radius 1 is 1.30 bits per heavy atom. The Morgan fingerprint density at radius 2 is 1.87 bits per heavy atom.